The molecule has 1 heteroatoms. The van der Waals surface area contributed by atoms with Crippen LogP contribution in [-0.2, 0) is 0 Å². The lowest BCUT2D eigenvalue weighted by molar-refractivity contribution is 0.416. The van der Waals surface area contributed by atoms with Crippen LogP contribution in [-0.4, -0.2) is 13.1 Å². The van der Waals surface area contributed by atoms with Gasteiger partial charge in [0.05, 0.1) is 0 Å². The predicted molar refractivity (Wildman–Crippen MR) is 68.1 cm³/mol. The minimum atomic E-state index is 0.619. The van der Waals surface area contributed by atoms with Crippen molar-refractivity contribution in [2.75, 3.05) is 7.05 Å². The Hall–Kier alpha value is -0.300. The highest BCUT2D eigenvalue weighted by Gasteiger charge is 2.18. The average Bonchev–Trinajstić information content (AvgIpc) is 2.21. The van der Waals surface area contributed by atoms with Gasteiger partial charge in [-0.1, -0.05) is 44.8 Å². The van der Waals surface area contributed by atoms with Gasteiger partial charge in [0.2, 0.25) is 0 Å². The molecular weight excluding hydrogens is 182 g/mol. The van der Waals surface area contributed by atoms with Crippen LogP contribution in [0.5, 0.6) is 0 Å². The lowest BCUT2D eigenvalue weighted by Crippen LogP contribution is -2.34. The van der Waals surface area contributed by atoms with E-state index in [1.807, 2.05) is 0 Å². The van der Waals surface area contributed by atoms with Gasteiger partial charge in [0, 0.05) is 6.04 Å². The fourth-order valence-corrected chi connectivity index (χ4v) is 2.57. The van der Waals surface area contributed by atoms with E-state index in [2.05, 4.69) is 32.3 Å². The highest BCUT2D eigenvalue weighted by molar-refractivity contribution is 5.12. The maximum absolute atomic E-state index is 3.50. The van der Waals surface area contributed by atoms with Gasteiger partial charge in [-0.15, -0.1) is 0 Å². The molecule has 1 nitrogen and oxygen atoms in total. The molecule has 2 unspecified atom stereocenters. The zero-order valence-electron chi connectivity index (χ0n) is 10.7. The third-order valence-electron chi connectivity index (χ3n) is 3.75. The molecule has 15 heavy (non-hydrogen) atoms. The molecule has 0 saturated heterocycles. The van der Waals surface area contributed by atoms with Crippen molar-refractivity contribution in [3.05, 3.63) is 11.6 Å². The Bertz CT molecular complexity index is 196. The van der Waals surface area contributed by atoms with Crippen LogP contribution in [0.15, 0.2) is 11.6 Å². The number of rotatable bonds is 4. The van der Waals surface area contributed by atoms with Crippen molar-refractivity contribution in [3.8, 4) is 0 Å². The molecule has 0 bridgehead atoms. The summed E-state index contributed by atoms with van der Waals surface area (Å²) in [5.41, 5.74) is 1.67. The zero-order valence-corrected chi connectivity index (χ0v) is 10.7. The van der Waals surface area contributed by atoms with Gasteiger partial charge >= 0.3 is 0 Å². The SMILES string of the molecule is CCC(C)C(NC)C1=CCCCCCC1. The Morgan fingerprint density at radius 2 is 2.00 bits per heavy atom. The van der Waals surface area contributed by atoms with Crippen LogP contribution in [0.1, 0.15) is 58.8 Å². The molecule has 0 aliphatic heterocycles. The maximum Gasteiger partial charge on any atom is 0.0302 e. The van der Waals surface area contributed by atoms with Gasteiger partial charge in [-0.2, -0.15) is 0 Å². The summed E-state index contributed by atoms with van der Waals surface area (Å²) in [6, 6.07) is 0.619. The van der Waals surface area contributed by atoms with Crippen LogP contribution in [0.3, 0.4) is 0 Å². The van der Waals surface area contributed by atoms with E-state index < -0.39 is 0 Å². The molecule has 1 aliphatic rings. The molecule has 2 atom stereocenters. The van der Waals surface area contributed by atoms with Crippen LogP contribution < -0.4 is 5.32 Å². The molecule has 1 rings (SSSR count). The Labute approximate surface area is 95.3 Å². The molecule has 0 spiro atoms. The first kappa shape index (κ1) is 12.8. The molecule has 0 aromatic carbocycles. The summed E-state index contributed by atoms with van der Waals surface area (Å²) < 4.78 is 0. The summed E-state index contributed by atoms with van der Waals surface area (Å²) in [6.07, 6.45) is 12.0. The van der Waals surface area contributed by atoms with Crippen LogP contribution in [0, 0.1) is 5.92 Å². The smallest absolute Gasteiger partial charge is 0.0302 e. The zero-order chi connectivity index (χ0) is 11.1. The van der Waals surface area contributed by atoms with Crippen molar-refractivity contribution in [2.24, 2.45) is 5.92 Å². The standard InChI is InChI=1S/C14H27N/c1-4-12(2)14(15-3)13-10-8-6-5-7-9-11-13/h10,12,14-15H,4-9,11H2,1-3H3. The highest BCUT2D eigenvalue weighted by Crippen LogP contribution is 2.24. The Kier molecular flexibility index (Phi) is 6.00. The summed E-state index contributed by atoms with van der Waals surface area (Å²) in [7, 11) is 2.11. The van der Waals surface area contributed by atoms with E-state index in [1.54, 1.807) is 5.57 Å². The fraction of sp³-hybridized carbons (Fsp3) is 0.857. The monoisotopic (exact) mass is 209 g/mol. The van der Waals surface area contributed by atoms with Gasteiger partial charge in [0.15, 0.2) is 0 Å². The van der Waals surface area contributed by atoms with Crippen molar-refractivity contribution in [1.29, 1.82) is 0 Å². The van der Waals surface area contributed by atoms with Crippen molar-refractivity contribution < 1.29 is 0 Å². The van der Waals surface area contributed by atoms with Crippen LogP contribution in [0.25, 0.3) is 0 Å². The molecule has 0 amide bonds. The van der Waals surface area contributed by atoms with E-state index in [0.29, 0.717) is 6.04 Å². The van der Waals surface area contributed by atoms with E-state index in [9.17, 15) is 0 Å². The number of hydrogen-bond donors (Lipinski definition) is 1. The van der Waals surface area contributed by atoms with Crippen molar-refractivity contribution in [2.45, 2.75) is 64.8 Å². The number of allylic oxidation sites excluding steroid dienone is 1. The second-order valence-corrected chi connectivity index (χ2v) is 4.88. The van der Waals surface area contributed by atoms with Gasteiger partial charge in [0.1, 0.15) is 0 Å². The number of hydrogen-bond acceptors (Lipinski definition) is 1. The van der Waals surface area contributed by atoms with E-state index in [0.717, 1.165) is 5.92 Å². The van der Waals surface area contributed by atoms with E-state index in [-0.39, 0.29) is 0 Å². The molecule has 1 aliphatic carbocycles. The van der Waals surface area contributed by atoms with Gasteiger partial charge in [-0.05, 0) is 38.6 Å². The molecule has 0 heterocycles. The van der Waals surface area contributed by atoms with Crippen molar-refractivity contribution >= 4 is 0 Å². The first-order chi connectivity index (χ1) is 7.29. The van der Waals surface area contributed by atoms with Crippen LogP contribution >= 0.6 is 0 Å². The summed E-state index contributed by atoms with van der Waals surface area (Å²) in [5, 5.41) is 3.50. The Morgan fingerprint density at radius 3 is 2.67 bits per heavy atom. The fourth-order valence-electron chi connectivity index (χ4n) is 2.57. The number of likely N-dealkylation sites (N-methyl/N-ethyl adjacent to an activating group) is 1. The summed E-state index contributed by atoms with van der Waals surface area (Å²) in [4.78, 5) is 0. The lowest BCUT2D eigenvalue weighted by atomic mass is 9.87. The van der Waals surface area contributed by atoms with E-state index in [1.165, 1.54) is 44.9 Å². The Morgan fingerprint density at radius 1 is 1.27 bits per heavy atom. The largest absolute Gasteiger partial charge is 0.313 e. The molecule has 1 N–H and O–H groups in total. The van der Waals surface area contributed by atoms with Crippen LogP contribution in [0.4, 0.5) is 0 Å². The summed E-state index contributed by atoms with van der Waals surface area (Å²) in [6.45, 7) is 4.65. The molecule has 0 aromatic heterocycles. The number of nitrogens with one attached hydrogen (secondary N) is 1. The molecule has 0 radical (unpaired) electrons. The third-order valence-corrected chi connectivity index (χ3v) is 3.75. The van der Waals surface area contributed by atoms with Gasteiger partial charge in [-0.3, -0.25) is 0 Å². The van der Waals surface area contributed by atoms with Crippen molar-refractivity contribution in [3.63, 3.8) is 0 Å². The third kappa shape index (κ3) is 3.98. The molecule has 0 saturated carbocycles. The minimum absolute atomic E-state index is 0.619. The molecular formula is C14H27N. The van der Waals surface area contributed by atoms with Crippen LogP contribution in [0.2, 0.25) is 0 Å². The molecule has 88 valence electrons. The Balaban J connectivity index is 2.62. The van der Waals surface area contributed by atoms with Crippen molar-refractivity contribution in [1.82, 2.24) is 5.32 Å². The summed E-state index contributed by atoms with van der Waals surface area (Å²) >= 11 is 0. The topological polar surface area (TPSA) is 12.0 Å². The van der Waals surface area contributed by atoms with E-state index >= 15 is 0 Å². The predicted octanol–water partition coefficient (Wildman–Crippen LogP) is 3.90. The summed E-state index contributed by atoms with van der Waals surface area (Å²) in [5.74, 6) is 0.765. The molecule has 0 aromatic rings. The maximum atomic E-state index is 3.50. The van der Waals surface area contributed by atoms with E-state index in [4.69, 9.17) is 0 Å². The van der Waals surface area contributed by atoms with Gasteiger partial charge < -0.3 is 5.32 Å². The molecule has 0 fully saturated rings. The minimum Gasteiger partial charge on any atom is -0.313 e. The average molecular weight is 209 g/mol. The van der Waals surface area contributed by atoms with Gasteiger partial charge in [0.25, 0.3) is 0 Å². The first-order valence-corrected chi connectivity index (χ1v) is 6.65. The first-order valence-electron chi connectivity index (χ1n) is 6.65. The highest BCUT2D eigenvalue weighted by atomic mass is 14.9. The second-order valence-electron chi connectivity index (χ2n) is 4.88. The normalized spacial score (nSPS) is 22.5. The lowest BCUT2D eigenvalue weighted by Gasteiger charge is -2.26. The van der Waals surface area contributed by atoms with Gasteiger partial charge in [-0.25, -0.2) is 0 Å². The quantitative estimate of drug-likeness (QED) is 0.692. The second kappa shape index (κ2) is 7.05.